The quantitative estimate of drug-likeness (QED) is 0.260. The molecule has 0 N–H and O–H groups in total. The molecule has 0 unspecified atom stereocenters. The third-order valence-electron chi connectivity index (χ3n) is 6.80. The fourth-order valence-electron chi connectivity index (χ4n) is 5.02. The summed E-state index contributed by atoms with van der Waals surface area (Å²) in [5.41, 5.74) is 9.79. The van der Waals surface area contributed by atoms with Crippen molar-refractivity contribution in [2.45, 2.75) is 6.92 Å². The minimum atomic E-state index is 0.608. The molecule has 2 heterocycles. The Morgan fingerprint density at radius 3 is 2.20 bits per heavy atom. The van der Waals surface area contributed by atoms with Crippen LogP contribution in [0.2, 0.25) is 0 Å². The van der Waals surface area contributed by atoms with E-state index >= 15 is 0 Å². The molecule has 0 atom stereocenters. The van der Waals surface area contributed by atoms with E-state index in [2.05, 4.69) is 85.4 Å². The lowest BCUT2D eigenvalue weighted by Crippen LogP contribution is -2.30. The summed E-state index contributed by atoms with van der Waals surface area (Å²) in [7, 11) is 2.06. The van der Waals surface area contributed by atoms with Gasteiger partial charge in [0.1, 0.15) is 18.2 Å². The second kappa shape index (κ2) is 8.27. The Hall–Kier alpha value is -4.68. The number of aryl methyl sites for hydroxylation is 2. The maximum absolute atomic E-state index is 9.93. The van der Waals surface area contributed by atoms with Gasteiger partial charge in [-0.1, -0.05) is 54.6 Å². The number of rotatable bonds is 3. The topological polar surface area (TPSA) is 40.8 Å². The van der Waals surface area contributed by atoms with Crippen molar-refractivity contribution in [1.29, 1.82) is 5.26 Å². The normalized spacial score (nSPS) is 11.1. The zero-order valence-electron chi connectivity index (χ0n) is 19.6. The lowest BCUT2D eigenvalue weighted by molar-refractivity contribution is -0.660. The smallest absolute Gasteiger partial charge is 0.212 e. The van der Waals surface area contributed by atoms with E-state index in [1.54, 1.807) is 0 Å². The Kier molecular flexibility index (Phi) is 4.94. The molecule has 35 heavy (non-hydrogen) atoms. The van der Waals surface area contributed by atoms with Crippen molar-refractivity contribution >= 4 is 21.9 Å². The summed E-state index contributed by atoms with van der Waals surface area (Å²) in [6, 6.07) is 35.3. The summed E-state index contributed by atoms with van der Waals surface area (Å²) in [6.45, 7) is 2.14. The fourth-order valence-corrected chi connectivity index (χ4v) is 5.02. The fraction of sp³-hybridized carbons (Fsp3) is 0.0625. The zero-order valence-corrected chi connectivity index (χ0v) is 19.6. The molecule has 0 aliphatic heterocycles. The summed E-state index contributed by atoms with van der Waals surface area (Å²) in [5, 5.41) is 12.0. The third kappa shape index (κ3) is 3.39. The molecule has 166 valence electrons. The highest BCUT2D eigenvalue weighted by Crippen LogP contribution is 2.41. The number of pyridine rings is 1. The Morgan fingerprint density at radius 2 is 1.46 bits per heavy atom. The molecule has 0 saturated heterocycles. The van der Waals surface area contributed by atoms with Crippen molar-refractivity contribution in [2.24, 2.45) is 7.05 Å². The number of nitriles is 1. The Labute approximate surface area is 204 Å². The summed E-state index contributed by atoms with van der Waals surface area (Å²) in [6.07, 6.45) is 2.06. The van der Waals surface area contributed by atoms with Crippen molar-refractivity contribution < 1.29 is 8.98 Å². The number of nitrogens with zero attached hydrogens (tertiary/aromatic N) is 2. The van der Waals surface area contributed by atoms with Crippen LogP contribution in [0.3, 0.4) is 0 Å². The van der Waals surface area contributed by atoms with E-state index in [-0.39, 0.29) is 0 Å². The maximum Gasteiger partial charge on any atom is 0.212 e. The van der Waals surface area contributed by atoms with Gasteiger partial charge in [-0.3, -0.25) is 0 Å². The average Bonchev–Trinajstić information content (AvgIpc) is 3.29. The van der Waals surface area contributed by atoms with E-state index in [1.165, 1.54) is 11.1 Å². The molecular weight excluding hydrogens is 428 g/mol. The van der Waals surface area contributed by atoms with Crippen molar-refractivity contribution in [3.8, 4) is 39.6 Å². The molecule has 0 aliphatic carbocycles. The molecule has 0 saturated carbocycles. The zero-order chi connectivity index (χ0) is 23.9. The van der Waals surface area contributed by atoms with Gasteiger partial charge in [0.05, 0.1) is 11.6 Å². The van der Waals surface area contributed by atoms with Gasteiger partial charge >= 0.3 is 0 Å². The van der Waals surface area contributed by atoms with E-state index in [4.69, 9.17) is 4.42 Å². The first-order chi connectivity index (χ1) is 17.2. The van der Waals surface area contributed by atoms with Gasteiger partial charge < -0.3 is 4.42 Å². The number of fused-ring (bicyclic) bond motifs is 3. The van der Waals surface area contributed by atoms with E-state index in [0.29, 0.717) is 5.56 Å². The predicted octanol–water partition coefficient (Wildman–Crippen LogP) is 7.59. The molecule has 3 heteroatoms. The van der Waals surface area contributed by atoms with Crippen LogP contribution in [0.4, 0.5) is 0 Å². The predicted molar refractivity (Wildman–Crippen MR) is 141 cm³/mol. The van der Waals surface area contributed by atoms with Crippen LogP contribution in [-0.4, -0.2) is 0 Å². The minimum absolute atomic E-state index is 0.608. The SMILES string of the molecule is Cc1c(-c2cccc[n+]2C)ccc2oc3c(-c4ccc(-c5ccccc5)cc4)c(C#N)ccc3c12. The summed E-state index contributed by atoms with van der Waals surface area (Å²) in [5.74, 6) is 0. The van der Waals surface area contributed by atoms with Gasteiger partial charge in [0.25, 0.3) is 0 Å². The number of benzene rings is 4. The average molecular weight is 452 g/mol. The van der Waals surface area contributed by atoms with Gasteiger partial charge in [-0.2, -0.15) is 5.26 Å². The molecule has 6 aromatic rings. The molecule has 2 aromatic heterocycles. The van der Waals surface area contributed by atoms with Gasteiger partial charge in [0.15, 0.2) is 6.20 Å². The van der Waals surface area contributed by atoms with Gasteiger partial charge in [0, 0.05) is 34.0 Å². The van der Waals surface area contributed by atoms with Crippen LogP contribution in [0.1, 0.15) is 11.1 Å². The van der Waals surface area contributed by atoms with Gasteiger partial charge in [-0.05, 0) is 59.5 Å². The van der Waals surface area contributed by atoms with Crippen molar-refractivity contribution in [3.05, 3.63) is 114 Å². The van der Waals surface area contributed by atoms with Crippen LogP contribution in [-0.2, 0) is 7.05 Å². The van der Waals surface area contributed by atoms with Gasteiger partial charge in [-0.25, -0.2) is 4.57 Å². The second-order valence-corrected chi connectivity index (χ2v) is 8.83. The molecule has 6 rings (SSSR count). The van der Waals surface area contributed by atoms with Crippen molar-refractivity contribution in [2.75, 3.05) is 0 Å². The van der Waals surface area contributed by atoms with Crippen LogP contribution < -0.4 is 4.57 Å². The first-order valence-electron chi connectivity index (χ1n) is 11.7. The summed E-state index contributed by atoms with van der Waals surface area (Å²) in [4.78, 5) is 0. The third-order valence-corrected chi connectivity index (χ3v) is 6.80. The van der Waals surface area contributed by atoms with Crippen LogP contribution >= 0.6 is 0 Å². The molecule has 0 amide bonds. The lowest BCUT2D eigenvalue weighted by atomic mass is 9.94. The van der Waals surface area contributed by atoms with E-state index < -0.39 is 0 Å². The number of furan rings is 1. The Balaban J connectivity index is 1.57. The summed E-state index contributed by atoms with van der Waals surface area (Å²) < 4.78 is 8.57. The number of aromatic nitrogens is 1. The van der Waals surface area contributed by atoms with Crippen LogP contribution in [0.15, 0.2) is 108 Å². The maximum atomic E-state index is 9.93. The standard InChI is InChI=1S/C32H23N2O/c1-21-26(28-10-6-7-19-34(28)2)17-18-29-30(21)27-16-15-25(20-33)31(32(27)35-29)24-13-11-23(12-14-24)22-8-4-3-5-9-22/h3-19H,1-2H3/q+1. The molecule has 0 bridgehead atoms. The van der Waals surface area contributed by atoms with E-state index in [1.807, 2.05) is 42.5 Å². The van der Waals surface area contributed by atoms with Crippen molar-refractivity contribution in [3.63, 3.8) is 0 Å². The highest BCUT2D eigenvalue weighted by Gasteiger charge is 2.21. The first kappa shape index (κ1) is 20.9. The molecule has 0 radical (unpaired) electrons. The van der Waals surface area contributed by atoms with E-state index in [0.717, 1.165) is 49.9 Å². The molecule has 0 aliphatic rings. The largest absolute Gasteiger partial charge is 0.455 e. The highest BCUT2D eigenvalue weighted by atomic mass is 16.3. The lowest BCUT2D eigenvalue weighted by Gasteiger charge is -2.08. The van der Waals surface area contributed by atoms with E-state index in [9.17, 15) is 5.26 Å². The molecule has 4 aromatic carbocycles. The first-order valence-corrected chi connectivity index (χ1v) is 11.7. The Bertz CT molecular complexity index is 1750. The van der Waals surface area contributed by atoms with Crippen LogP contribution in [0, 0.1) is 18.3 Å². The molecule has 3 nitrogen and oxygen atoms in total. The number of hydrogen-bond acceptors (Lipinski definition) is 2. The monoisotopic (exact) mass is 451 g/mol. The molecule has 0 spiro atoms. The van der Waals surface area contributed by atoms with Crippen molar-refractivity contribution in [1.82, 2.24) is 0 Å². The minimum Gasteiger partial charge on any atom is -0.455 e. The van der Waals surface area contributed by atoms with Crippen LogP contribution in [0.5, 0.6) is 0 Å². The number of hydrogen-bond donors (Lipinski definition) is 0. The summed E-state index contributed by atoms with van der Waals surface area (Å²) >= 11 is 0. The Morgan fingerprint density at radius 1 is 0.743 bits per heavy atom. The second-order valence-electron chi connectivity index (χ2n) is 8.83. The molecular formula is C32H23N2O+. The van der Waals surface area contributed by atoms with Gasteiger partial charge in [-0.15, -0.1) is 0 Å². The molecule has 0 fully saturated rings. The van der Waals surface area contributed by atoms with Crippen LogP contribution in [0.25, 0.3) is 55.4 Å². The van der Waals surface area contributed by atoms with Gasteiger partial charge in [0.2, 0.25) is 5.69 Å². The highest BCUT2D eigenvalue weighted by molar-refractivity contribution is 6.13.